The minimum Gasteiger partial charge on any atom is -0.491 e. The molecule has 1 N–H and O–H groups in total. The Morgan fingerprint density at radius 1 is 1.22 bits per heavy atom. The third kappa shape index (κ3) is 3.72. The first-order chi connectivity index (χ1) is 8.72. The Labute approximate surface area is 109 Å². The average molecular weight is 250 g/mol. The van der Waals surface area contributed by atoms with E-state index in [0.717, 1.165) is 37.0 Å². The smallest absolute Gasteiger partial charge is 0.119 e. The maximum Gasteiger partial charge on any atom is 0.119 e. The molecule has 0 unspecified atom stereocenters. The lowest BCUT2D eigenvalue weighted by Gasteiger charge is -2.31. The molecule has 100 valence electrons. The third-order valence-corrected chi connectivity index (χ3v) is 3.50. The summed E-state index contributed by atoms with van der Waals surface area (Å²) < 4.78 is 10.8. The molecular formula is C15H22O3. The molecule has 1 saturated carbocycles. The molecule has 3 heteroatoms. The van der Waals surface area contributed by atoms with Gasteiger partial charge in [-0.1, -0.05) is 31.4 Å². The van der Waals surface area contributed by atoms with Crippen LogP contribution in [-0.4, -0.2) is 24.4 Å². The van der Waals surface area contributed by atoms with Crippen molar-refractivity contribution in [3.05, 3.63) is 29.8 Å². The van der Waals surface area contributed by atoms with Gasteiger partial charge in [0.05, 0.1) is 12.2 Å². The van der Waals surface area contributed by atoms with Crippen LogP contribution >= 0.6 is 0 Å². The monoisotopic (exact) mass is 250 g/mol. The minimum atomic E-state index is -0.629. The zero-order valence-corrected chi connectivity index (χ0v) is 11.0. The van der Waals surface area contributed by atoms with Gasteiger partial charge in [0, 0.05) is 7.11 Å². The van der Waals surface area contributed by atoms with Gasteiger partial charge in [0.2, 0.25) is 0 Å². The maximum atomic E-state index is 10.4. The summed E-state index contributed by atoms with van der Waals surface area (Å²) in [6.45, 7) is 0.977. The third-order valence-electron chi connectivity index (χ3n) is 3.50. The van der Waals surface area contributed by atoms with Crippen molar-refractivity contribution in [2.75, 3.05) is 13.7 Å². The van der Waals surface area contributed by atoms with Crippen LogP contribution in [0.15, 0.2) is 24.3 Å². The highest BCUT2D eigenvalue weighted by Gasteiger charge is 2.29. The largest absolute Gasteiger partial charge is 0.491 e. The Kier molecular flexibility index (Phi) is 4.61. The summed E-state index contributed by atoms with van der Waals surface area (Å²) in [6.07, 6.45) is 5.13. The van der Waals surface area contributed by atoms with Gasteiger partial charge >= 0.3 is 0 Å². The van der Waals surface area contributed by atoms with Crippen LogP contribution in [0.3, 0.4) is 0 Å². The number of ether oxygens (including phenoxy) is 2. The van der Waals surface area contributed by atoms with E-state index in [1.807, 2.05) is 24.3 Å². The van der Waals surface area contributed by atoms with Crippen molar-refractivity contribution >= 4 is 0 Å². The predicted octanol–water partition coefficient (Wildman–Crippen LogP) is 2.91. The van der Waals surface area contributed by atoms with Crippen LogP contribution in [0.4, 0.5) is 0 Å². The number of benzene rings is 1. The molecule has 0 radical (unpaired) electrons. The maximum absolute atomic E-state index is 10.4. The minimum absolute atomic E-state index is 0.392. The lowest BCUT2D eigenvalue weighted by Crippen LogP contribution is -2.37. The van der Waals surface area contributed by atoms with E-state index in [-0.39, 0.29) is 0 Å². The normalized spacial score (nSPS) is 18.6. The van der Waals surface area contributed by atoms with Crippen LogP contribution in [0.25, 0.3) is 0 Å². The van der Waals surface area contributed by atoms with Crippen molar-refractivity contribution in [2.45, 2.75) is 44.3 Å². The van der Waals surface area contributed by atoms with Gasteiger partial charge < -0.3 is 14.6 Å². The van der Waals surface area contributed by atoms with E-state index in [4.69, 9.17) is 9.47 Å². The van der Waals surface area contributed by atoms with E-state index < -0.39 is 5.60 Å². The van der Waals surface area contributed by atoms with Gasteiger partial charge in [-0.3, -0.25) is 0 Å². The molecule has 0 spiro atoms. The molecule has 1 aromatic rings. The van der Waals surface area contributed by atoms with Gasteiger partial charge in [-0.2, -0.15) is 0 Å². The van der Waals surface area contributed by atoms with Crippen LogP contribution in [-0.2, 0) is 11.3 Å². The quantitative estimate of drug-likeness (QED) is 0.873. The van der Waals surface area contributed by atoms with Gasteiger partial charge in [-0.25, -0.2) is 0 Å². The highest BCUT2D eigenvalue weighted by molar-refractivity contribution is 5.28. The second-order valence-corrected chi connectivity index (χ2v) is 5.15. The fraction of sp³-hybridized carbons (Fsp3) is 0.600. The molecule has 1 fully saturated rings. The summed E-state index contributed by atoms with van der Waals surface area (Å²) in [7, 11) is 1.68. The van der Waals surface area contributed by atoms with E-state index in [9.17, 15) is 5.11 Å². The highest BCUT2D eigenvalue weighted by atomic mass is 16.5. The summed E-state index contributed by atoms with van der Waals surface area (Å²) in [5.74, 6) is 0.809. The molecule has 2 rings (SSSR count). The summed E-state index contributed by atoms with van der Waals surface area (Å²) in [5, 5.41) is 10.4. The predicted molar refractivity (Wildman–Crippen MR) is 70.7 cm³/mol. The van der Waals surface area contributed by atoms with Gasteiger partial charge in [-0.05, 0) is 30.5 Å². The molecule has 0 amide bonds. The molecule has 1 aliphatic carbocycles. The van der Waals surface area contributed by atoms with Crippen LogP contribution in [0.2, 0.25) is 0 Å². The molecule has 18 heavy (non-hydrogen) atoms. The van der Waals surface area contributed by atoms with Crippen molar-refractivity contribution < 1.29 is 14.6 Å². The summed E-state index contributed by atoms with van der Waals surface area (Å²) in [4.78, 5) is 0. The number of hydrogen-bond acceptors (Lipinski definition) is 3. The first-order valence-corrected chi connectivity index (χ1v) is 6.65. The fourth-order valence-electron chi connectivity index (χ4n) is 2.46. The molecule has 0 heterocycles. The van der Waals surface area contributed by atoms with Gasteiger partial charge in [-0.15, -0.1) is 0 Å². The van der Waals surface area contributed by atoms with E-state index in [0.29, 0.717) is 13.2 Å². The van der Waals surface area contributed by atoms with Gasteiger partial charge in [0.25, 0.3) is 0 Å². The molecule has 0 aromatic heterocycles. The molecule has 0 saturated heterocycles. The first-order valence-electron chi connectivity index (χ1n) is 6.65. The van der Waals surface area contributed by atoms with Crippen LogP contribution in [0, 0.1) is 0 Å². The van der Waals surface area contributed by atoms with Crippen LogP contribution < -0.4 is 4.74 Å². The summed E-state index contributed by atoms with van der Waals surface area (Å²) in [5.41, 5.74) is 0.459. The van der Waals surface area contributed by atoms with E-state index in [1.54, 1.807) is 7.11 Å². The second-order valence-electron chi connectivity index (χ2n) is 5.15. The topological polar surface area (TPSA) is 38.7 Å². The van der Waals surface area contributed by atoms with Gasteiger partial charge in [0.15, 0.2) is 0 Å². The molecule has 1 aromatic carbocycles. The average Bonchev–Trinajstić information content (AvgIpc) is 2.38. The molecule has 1 aliphatic rings. The molecule has 0 bridgehead atoms. The van der Waals surface area contributed by atoms with Crippen molar-refractivity contribution in [2.24, 2.45) is 0 Å². The lowest BCUT2D eigenvalue weighted by atomic mass is 9.85. The number of aliphatic hydroxyl groups is 1. The van der Waals surface area contributed by atoms with E-state index in [1.165, 1.54) is 6.42 Å². The van der Waals surface area contributed by atoms with Gasteiger partial charge in [0.1, 0.15) is 12.4 Å². The summed E-state index contributed by atoms with van der Waals surface area (Å²) >= 11 is 0. The Hall–Kier alpha value is -1.06. The Bertz CT molecular complexity index is 370. The van der Waals surface area contributed by atoms with Crippen molar-refractivity contribution in [1.29, 1.82) is 0 Å². The standard InChI is InChI=1S/C15H22O3/c1-17-11-13-6-5-7-14(10-13)18-12-15(16)8-3-2-4-9-15/h5-7,10,16H,2-4,8-9,11-12H2,1H3. The number of rotatable bonds is 5. The summed E-state index contributed by atoms with van der Waals surface area (Å²) in [6, 6.07) is 7.85. The van der Waals surface area contributed by atoms with E-state index in [2.05, 4.69) is 0 Å². The highest BCUT2D eigenvalue weighted by Crippen LogP contribution is 2.28. The number of methoxy groups -OCH3 is 1. The Morgan fingerprint density at radius 2 is 2.00 bits per heavy atom. The molecular weight excluding hydrogens is 228 g/mol. The fourth-order valence-corrected chi connectivity index (χ4v) is 2.46. The molecule has 0 atom stereocenters. The van der Waals surface area contributed by atoms with Crippen molar-refractivity contribution in [1.82, 2.24) is 0 Å². The number of hydrogen-bond donors (Lipinski definition) is 1. The Morgan fingerprint density at radius 3 is 2.72 bits per heavy atom. The zero-order chi connectivity index (χ0) is 12.8. The first kappa shape index (κ1) is 13.4. The van der Waals surface area contributed by atoms with Crippen molar-refractivity contribution in [3.8, 4) is 5.75 Å². The van der Waals surface area contributed by atoms with Crippen molar-refractivity contribution in [3.63, 3.8) is 0 Å². The second kappa shape index (κ2) is 6.21. The lowest BCUT2D eigenvalue weighted by molar-refractivity contribution is -0.0339. The zero-order valence-electron chi connectivity index (χ0n) is 11.0. The van der Waals surface area contributed by atoms with Crippen LogP contribution in [0.5, 0.6) is 5.75 Å². The molecule has 3 nitrogen and oxygen atoms in total. The Balaban J connectivity index is 1.90. The van der Waals surface area contributed by atoms with Crippen LogP contribution in [0.1, 0.15) is 37.7 Å². The SMILES string of the molecule is COCc1cccc(OCC2(O)CCCCC2)c1. The molecule has 0 aliphatic heterocycles. The van der Waals surface area contributed by atoms with E-state index >= 15 is 0 Å².